The number of methoxy groups -OCH3 is 1. The Balaban J connectivity index is 1.57. The summed E-state index contributed by atoms with van der Waals surface area (Å²) in [4.78, 5) is 37.8. The fraction of sp³-hybridized carbons (Fsp3) is 0.444. The Morgan fingerprint density at radius 3 is 2.24 bits per heavy atom. The van der Waals surface area contributed by atoms with Crippen molar-refractivity contribution in [2.45, 2.75) is 6.42 Å². The number of rotatable bonds is 3. The van der Waals surface area contributed by atoms with Crippen molar-refractivity contribution in [3.8, 4) is 5.75 Å². The second-order valence-corrected chi connectivity index (χ2v) is 7.28. The second kappa shape index (κ2) is 4.68. The first-order valence-corrected chi connectivity index (χ1v) is 8.41. The Kier molecular flexibility index (Phi) is 2.74. The van der Waals surface area contributed by atoms with E-state index in [1.807, 2.05) is 0 Å². The van der Waals surface area contributed by atoms with Crippen LogP contribution < -0.4 is 9.64 Å². The monoisotopic (exact) mass is 340 g/mol. The van der Waals surface area contributed by atoms with Crippen molar-refractivity contribution in [1.29, 1.82) is 0 Å². The molecular weight excluding hydrogens is 324 g/mol. The zero-order valence-corrected chi connectivity index (χ0v) is 13.5. The molecule has 2 amide bonds. The van der Waals surface area contributed by atoms with Crippen LogP contribution >= 0.6 is 0 Å². The molecule has 25 heavy (non-hydrogen) atoms. The molecule has 2 bridgehead atoms. The van der Waals surface area contributed by atoms with Gasteiger partial charge in [0, 0.05) is 6.07 Å². The Bertz CT molecular complexity index is 827. The van der Waals surface area contributed by atoms with Crippen molar-refractivity contribution in [3.05, 3.63) is 40.5 Å². The van der Waals surface area contributed by atoms with Gasteiger partial charge in [0.25, 0.3) is 5.69 Å². The third kappa shape index (κ3) is 1.75. The second-order valence-electron chi connectivity index (χ2n) is 7.28. The lowest BCUT2D eigenvalue weighted by molar-refractivity contribution is -0.384. The summed E-state index contributed by atoms with van der Waals surface area (Å²) in [6.45, 7) is 0. The van der Waals surface area contributed by atoms with Gasteiger partial charge in [-0.05, 0) is 36.2 Å². The lowest BCUT2D eigenvalue weighted by Crippen LogP contribution is -2.40. The maximum Gasteiger partial charge on any atom is 0.273 e. The van der Waals surface area contributed by atoms with Gasteiger partial charge in [0.1, 0.15) is 5.75 Å². The van der Waals surface area contributed by atoms with Gasteiger partial charge in [-0.3, -0.25) is 19.7 Å². The summed E-state index contributed by atoms with van der Waals surface area (Å²) in [6, 6.07) is 3.98. The highest BCUT2D eigenvalue weighted by molar-refractivity contribution is 6.23. The predicted octanol–water partition coefficient (Wildman–Crippen LogP) is 2.16. The molecule has 1 saturated heterocycles. The minimum atomic E-state index is -0.530. The SMILES string of the molecule is COc1cc([N+](=O)[O-])ccc1N1C(=O)[C@H]2[C@@H]3C=C[C@@H]([C@H]4C[C@H]34)[C@@H]2C1=O. The summed E-state index contributed by atoms with van der Waals surface area (Å²) in [5, 5.41) is 11.0. The standard InChI is InChI=1S/C18H16N2O5/c1-25-14-6-8(20(23)24)2-5-13(14)19-17(21)15-9-3-4-10(12-7-11(9)12)16(15)18(19)22/h2-6,9-12,15-16H,7H2,1H3/t9-,10+,11-,12-,15+,16+/m1/s1. The summed E-state index contributed by atoms with van der Waals surface area (Å²) in [6.07, 6.45) is 5.33. The molecule has 4 aliphatic carbocycles. The number of carbonyl (C=O) groups excluding carboxylic acids is 2. The van der Waals surface area contributed by atoms with Crippen LogP contribution in [-0.2, 0) is 9.59 Å². The molecule has 0 aromatic heterocycles. The third-order valence-electron chi connectivity index (χ3n) is 6.28. The number of non-ortho nitro benzene ring substituents is 1. The summed E-state index contributed by atoms with van der Waals surface area (Å²) < 4.78 is 5.23. The van der Waals surface area contributed by atoms with Gasteiger partial charge in [0.2, 0.25) is 11.8 Å². The van der Waals surface area contributed by atoms with Crippen molar-refractivity contribution in [2.24, 2.45) is 35.5 Å². The van der Waals surface area contributed by atoms with E-state index in [4.69, 9.17) is 4.74 Å². The molecule has 0 radical (unpaired) electrons. The van der Waals surface area contributed by atoms with Crippen molar-refractivity contribution >= 4 is 23.2 Å². The van der Waals surface area contributed by atoms with Crippen molar-refractivity contribution in [1.82, 2.24) is 0 Å². The molecule has 6 atom stereocenters. The average molecular weight is 340 g/mol. The largest absolute Gasteiger partial charge is 0.494 e. The Morgan fingerprint density at radius 1 is 1.12 bits per heavy atom. The van der Waals surface area contributed by atoms with Crippen LogP contribution in [0.3, 0.4) is 0 Å². The van der Waals surface area contributed by atoms with Crippen LogP contribution in [0.15, 0.2) is 30.4 Å². The van der Waals surface area contributed by atoms with E-state index in [0.29, 0.717) is 17.5 Å². The zero-order chi connectivity index (χ0) is 17.5. The average Bonchev–Trinajstić information content (AvgIpc) is 3.39. The van der Waals surface area contributed by atoms with Gasteiger partial charge in [-0.2, -0.15) is 0 Å². The van der Waals surface area contributed by atoms with E-state index < -0.39 is 4.92 Å². The Hall–Kier alpha value is -2.70. The van der Waals surface area contributed by atoms with Crippen molar-refractivity contribution in [3.63, 3.8) is 0 Å². The molecule has 7 heteroatoms. The maximum absolute atomic E-state index is 13.1. The number of imide groups is 1. The first-order valence-electron chi connectivity index (χ1n) is 8.41. The lowest BCUT2D eigenvalue weighted by Gasteiger charge is -2.37. The molecule has 0 spiro atoms. The molecule has 1 aromatic carbocycles. The van der Waals surface area contributed by atoms with Gasteiger partial charge in [-0.1, -0.05) is 12.2 Å². The number of hydrogen-bond acceptors (Lipinski definition) is 5. The number of benzene rings is 1. The number of nitro groups is 1. The summed E-state index contributed by atoms with van der Waals surface area (Å²) in [5.74, 6) is 0.519. The van der Waals surface area contributed by atoms with E-state index in [9.17, 15) is 19.7 Å². The molecule has 1 aromatic rings. The van der Waals surface area contributed by atoms with E-state index in [-0.39, 0.29) is 46.9 Å². The van der Waals surface area contributed by atoms with Gasteiger partial charge >= 0.3 is 0 Å². The van der Waals surface area contributed by atoms with Crippen LogP contribution in [0, 0.1) is 45.6 Å². The molecule has 1 heterocycles. The number of hydrogen-bond donors (Lipinski definition) is 0. The van der Waals surface area contributed by atoms with Crippen LogP contribution in [0.25, 0.3) is 0 Å². The number of allylic oxidation sites excluding steroid dienone is 2. The number of ether oxygens (including phenoxy) is 1. The van der Waals surface area contributed by atoms with E-state index in [0.717, 1.165) is 6.42 Å². The summed E-state index contributed by atoms with van der Waals surface area (Å²) in [5.41, 5.74) is 0.158. The highest BCUT2D eigenvalue weighted by Crippen LogP contribution is 2.65. The smallest absolute Gasteiger partial charge is 0.273 e. The van der Waals surface area contributed by atoms with Gasteiger partial charge in [0.05, 0.1) is 35.6 Å². The Morgan fingerprint density at radius 2 is 1.72 bits per heavy atom. The summed E-state index contributed by atoms with van der Waals surface area (Å²) in [7, 11) is 1.38. The molecule has 3 fully saturated rings. The van der Waals surface area contributed by atoms with Gasteiger partial charge in [-0.15, -0.1) is 0 Å². The third-order valence-corrected chi connectivity index (χ3v) is 6.28. The molecule has 0 unspecified atom stereocenters. The van der Waals surface area contributed by atoms with E-state index in [2.05, 4.69) is 12.2 Å². The van der Waals surface area contributed by atoms with Crippen molar-refractivity contribution < 1.29 is 19.2 Å². The highest BCUT2D eigenvalue weighted by atomic mass is 16.6. The first kappa shape index (κ1) is 14.6. The molecule has 7 nitrogen and oxygen atoms in total. The molecular formula is C18H16N2O5. The number of nitro benzene ring substituents is 1. The fourth-order valence-corrected chi connectivity index (χ4v) is 5.16. The maximum atomic E-state index is 13.1. The normalized spacial score (nSPS) is 37.1. The van der Waals surface area contributed by atoms with Crippen LogP contribution in [-0.4, -0.2) is 23.8 Å². The van der Waals surface area contributed by atoms with Crippen LogP contribution in [0.1, 0.15) is 6.42 Å². The van der Waals surface area contributed by atoms with E-state index in [1.165, 1.54) is 30.2 Å². The van der Waals surface area contributed by atoms with Crippen molar-refractivity contribution in [2.75, 3.05) is 12.0 Å². The van der Waals surface area contributed by atoms with Gasteiger partial charge in [-0.25, -0.2) is 4.90 Å². The van der Waals surface area contributed by atoms with Gasteiger partial charge < -0.3 is 4.74 Å². The zero-order valence-electron chi connectivity index (χ0n) is 13.5. The quantitative estimate of drug-likeness (QED) is 0.364. The molecule has 0 N–H and O–H groups in total. The predicted molar refractivity (Wildman–Crippen MR) is 86.8 cm³/mol. The summed E-state index contributed by atoms with van der Waals surface area (Å²) >= 11 is 0. The van der Waals surface area contributed by atoms with Crippen LogP contribution in [0.4, 0.5) is 11.4 Å². The minimum absolute atomic E-state index is 0.139. The lowest BCUT2D eigenvalue weighted by atomic mass is 9.63. The highest BCUT2D eigenvalue weighted by Gasteiger charge is 2.67. The van der Waals surface area contributed by atoms with Gasteiger partial charge in [0.15, 0.2) is 0 Å². The van der Waals surface area contributed by atoms with Crippen LogP contribution in [0.5, 0.6) is 5.75 Å². The first-order chi connectivity index (χ1) is 12.0. The topological polar surface area (TPSA) is 89.8 Å². The Labute approximate surface area is 143 Å². The molecule has 2 saturated carbocycles. The number of amides is 2. The molecule has 1 aliphatic heterocycles. The van der Waals surface area contributed by atoms with Crippen LogP contribution in [0.2, 0.25) is 0 Å². The number of carbonyl (C=O) groups is 2. The fourth-order valence-electron chi connectivity index (χ4n) is 5.16. The minimum Gasteiger partial charge on any atom is -0.494 e. The number of nitrogens with zero attached hydrogens (tertiary/aromatic N) is 2. The number of anilines is 1. The molecule has 128 valence electrons. The van der Waals surface area contributed by atoms with E-state index in [1.54, 1.807) is 0 Å². The molecule has 5 aliphatic rings. The van der Waals surface area contributed by atoms with E-state index >= 15 is 0 Å². The molecule has 6 rings (SSSR count).